The fourth-order valence-corrected chi connectivity index (χ4v) is 3.01. The van der Waals surface area contributed by atoms with Crippen molar-refractivity contribution in [3.63, 3.8) is 0 Å². The van der Waals surface area contributed by atoms with E-state index in [1.807, 2.05) is 0 Å². The van der Waals surface area contributed by atoms with Crippen molar-refractivity contribution in [2.24, 2.45) is 5.92 Å². The van der Waals surface area contributed by atoms with E-state index in [-0.39, 0.29) is 0 Å². The van der Waals surface area contributed by atoms with Crippen molar-refractivity contribution in [2.45, 2.75) is 25.8 Å². The molecular weight excluding hydrogens is 285 g/mol. The molecule has 1 nitrogen and oxygen atoms in total. The van der Waals surface area contributed by atoms with Crippen molar-refractivity contribution >= 4 is 22.6 Å². The maximum absolute atomic E-state index is 3.61. The number of rotatable bonds is 2. The van der Waals surface area contributed by atoms with Crippen molar-refractivity contribution in [2.75, 3.05) is 6.54 Å². The second-order valence-electron chi connectivity index (χ2n) is 3.91. The molecule has 1 aliphatic rings. The van der Waals surface area contributed by atoms with Crippen molar-refractivity contribution in [1.82, 2.24) is 5.32 Å². The average molecular weight is 301 g/mol. The summed E-state index contributed by atoms with van der Waals surface area (Å²) in [6.07, 6.45) is 2.61. The highest BCUT2D eigenvalue weighted by Crippen LogP contribution is 2.33. The summed E-state index contributed by atoms with van der Waals surface area (Å²) in [5.41, 5.74) is 1.48. The van der Waals surface area contributed by atoms with E-state index >= 15 is 0 Å². The minimum Gasteiger partial charge on any atom is -0.310 e. The first-order valence-electron chi connectivity index (χ1n) is 5.30. The van der Waals surface area contributed by atoms with Gasteiger partial charge in [-0.05, 0) is 53.1 Å². The second kappa shape index (κ2) is 4.62. The molecule has 1 heterocycles. The van der Waals surface area contributed by atoms with Gasteiger partial charge in [-0.3, -0.25) is 0 Å². The molecular formula is C12H16IN. The van der Waals surface area contributed by atoms with Crippen LogP contribution >= 0.6 is 22.6 Å². The Bertz CT molecular complexity index is 311. The summed E-state index contributed by atoms with van der Waals surface area (Å²) >= 11 is 2.44. The zero-order chi connectivity index (χ0) is 9.97. The molecule has 2 atom stereocenters. The molecule has 76 valence electrons. The molecule has 2 heteroatoms. The number of halogens is 1. The number of hydrogen-bond donors (Lipinski definition) is 1. The molecule has 0 radical (unpaired) electrons. The molecule has 14 heavy (non-hydrogen) atoms. The molecule has 0 aromatic heterocycles. The van der Waals surface area contributed by atoms with Gasteiger partial charge < -0.3 is 5.32 Å². The molecule has 2 unspecified atom stereocenters. The van der Waals surface area contributed by atoms with E-state index in [0.717, 1.165) is 5.92 Å². The lowest BCUT2D eigenvalue weighted by atomic mass is 9.92. The quantitative estimate of drug-likeness (QED) is 0.826. The second-order valence-corrected chi connectivity index (χ2v) is 5.07. The Hall–Kier alpha value is -0.0900. The van der Waals surface area contributed by atoms with Crippen LogP contribution < -0.4 is 5.32 Å². The topological polar surface area (TPSA) is 12.0 Å². The molecule has 1 saturated heterocycles. The molecule has 2 rings (SSSR count). The summed E-state index contributed by atoms with van der Waals surface area (Å²) in [6.45, 7) is 3.47. The van der Waals surface area contributed by atoms with Crippen LogP contribution in [0.4, 0.5) is 0 Å². The Balaban J connectivity index is 2.26. The first-order valence-corrected chi connectivity index (χ1v) is 6.38. The van der Waals surface area contributed by atoms with E-state index in [1.54, 1.807) is 0 Å². The molecule has 1 aliphatic heterocycles. The average Bonchev–Trinajstić information content (AvgIpc) is 2.66. The van der Waals surface area contributed by atoms with Crippen molar-refractivity contribution in [3.05, 3.63) is 33.4 Å². The van der Waals surface area contributed by atoms with Crippen LogP contribution in [0.3, 0.4) is 0 Å². The monoisotopic (exact) mass is 301 g/mol. The van der Waals surface area contributed by atoms with Gasteiger partial charge in [-0.25, -0.2) is 0 Å². The van der Waals surface area contributed by atoms with E-state index < -0.39 is 0 Å². The lowest BCUT2D eigenvalue weighted by Gasteiger charge is -2.19. The largest absolute Gasteiger partial charge is 0.310 e. The number of hydrogen-bond acceptors (Lipinski definition) is 1. The van der Waals surface area contributed by atoms with Crippen LogP contribution in [0, 0.1) is 9.49 Å². The molecule has 1 N–H and O–H groups in total. The molecule has 0 spiro atoms. The van der Waals surface area contributed by atoms with Gasteiger partial charge in [0.25, 0.3) is 0 Å². The third kappa shape index (κ3) is 1.96. The van der Waals surface area contributed by atoms with Crippen molar-refractivity contribution in [1.29, 1.82) is 0 Å². The van der Waals surface area contributed by atoms with Gasteiger partial charge >= 0.3 is 0 Å². The van der Waals surface area contributed by atoms with E-state index in [1.165, 1.54) is 28.5 Å². The summed E-state index contributed by atoms with van der Waals surface area (Å²) in [6, 6.07) is 9.30. The summed E-state index contributed by atoms with van der Waals surface area (Å²) in [7, 11) is 0. The normalized spacial score (nSPS) is 26.7. The van der Waals surface area contributed by atoms with Crippen LogP contribution in [0.1, 0.15) is 31.4 Å². The number of benzene rings is 1. The van der Waals surface area contributed by atoms with Crippen molar-refractivity contribution < 1.29 is 0 Å². The highest BCUT2D eigenvalue weighted by atomic mass is 127. The van der Waals surface area contributed by atoms with Gasteiger partial charge in [-0.15, -0.1) is 0 Å². The highest BCUT2D eigenvalue weighted by Gasteiger charge is 2.27. The Morgan fingerprint density at radius 3 is 2.93 bits per heavy atom. The van der Waals surface area contributed by atoms with Gasteiger partial charge in [-0.1, -0.05) is 31.5 Å². The Morgan fingerprint density at radius 1 is 1.43 bits per heavy atom. The van der Waals surface area contributed by atoms with Crippen LogP contribution in [0.2, 0.25) is 0 Å². The lowest BCUT2D eigenvalue weighted by Crippen LogP contribution is -2.18. The van der Waals surface area contributed by atoms with Gasteiger partial charge in [0, 0.05) is 9.61 Å². The number of nitrogens with one attached hydrogen (secondary N) is 1. The van der Waals surface area contributed by atoms with Crippen LogP contribution in [0.5, 0.6) is 0 Å². The van der Waals surface area contributed by atoms with Gasteiger partial charge in [0.05, 0.1) is 0 Å². The Morgan fingerprint density at radius 2 is 2.21 bits per heavy atom. The van der Waals surface area contributed by atoms with Gasteiger partial charge in [0.15, 0.2) is 0 Å². The zero-order valence-corrected chi connectivity index (χ0v) is 10.6. The maximum Gasteiger partial charge on any atom is 0.0359 e. The van der Waals surface area contributed by atoms with Crippen LogP contribution in [-0.2, 0) is 0 Å². The first kappa shape index (κ1) is 10.4. The molecule has 0 aliphatic carbocycles. The molecule has 0 amide bonds. The summed E-state index contributed by atoms with van der Waals surface area (Å²) in [5, 5.41) is 3.61. The minimum absolute atomic E-state index is 0.591. The fourth-order valence-electron chi connectivity index (χ4n) is 2.29. The predicted octanol–water partition coefficient (Wildman–Crippen LogP) is 3.35. The lowest BCUT2D eigenvalue weighted by molar-refractivity contribution is 0.448. The SMILES string of the molecule is CCC1CCNC1c1ccccc1I. The Labute approximate surface area is 99.4 Å². The molecule has 0 saturated carbocycles. The highest BCUT2D eigenvalue weighted by molar-refractivity contribution is 14.1. The zero-order valence-electron chi connectivity index (χ0n) is 8.46. The van der Waals surface area contributed by atoms with Crippen molar-refractivity contribution in [3.8, 4) is 0 Å². The first-order chi connectivity index (χ1) is 6.83. The maximum atomic E-state index is 3.61. The molecule has 0 bridgehead atoms. The fraction of sp³-hybridized carbons (Fsp3) is 0.500. The van der Waals surface area contributed by atoms with E-state index in [9.17, 15) is 0 Å². The van der Waals surface area contributed by atoms with Gasteiger partial charge in [0.1, 0.15) is 0 Å². The third-order valence-corrected chi connectivity index (χ3v) is 4.10. The summed E-state index contributed by atoms with van der Waals surface area (Å²) in [4.78, 5) is 0. The minimum atomic E-state index is 0.591. The van der Waals surface area contributed by atoms with Crippen LogP contribution in [0.15, 0.2) is 24.3 Å². The van der Waals surface area contributed by atoms with Crippen LogP contribution in [0.25, 0.3) is 0 Å². The summed E-state index contributed by atoms with van der Waals surface area (Å²) < 4.78 is 1.39. The standard InChI is InChI=1S/C12H16IN/c1-2-9-7-8-14-12(9)10-5-3-4-6-11(10)13/h3-6,9,12,14H,2,7-8H2,1H3. The predicted molar refractivity (Wildman–Crippen MR) is 68.3 cm³/mol. The molecule has 1 aromatic carbocycles. The molecule has 1 aromatic rings. The van der Waals surface area contributed by atoms with E-state index in [0.29, 0.717) is 6.04 Å². The molecule has 1 fully saturated rings. The van der Waals surface area contributed by atoms with Crippen LogP contribution in [-0.4, -0.2) is 6.54 Å². The van der Waals surface area contributed by atoms with Gasteiger partial charge in [-0.2, -0.15) is 0 Å². The Kier molecular flexibility index (Phi) is 3.44. The smallest absolute Gasteiger partial charge is 0.0359 e. The summed E-state index contributed by atoms with van der Waals surface area (Å²) in [5.74, 6) is 0.825. The van der Waals surface area contributed by atoms with Gasteiger partial charge in [0.2, 0.25) is 0 Å². The third-order valence-electron chi connectivity index (χ3n) is 3.12. The van der Waals surface area contributed by atoms with E-state index in [4.69, 9.17) is 0 Å². The van der Waals surface area contributed by atoms with E-state index in [2.05, 4.69) is 59.1 Å².